The standard InChI is InChI=1S/C14H23N3/c1-2-10-3-4-11(7-10)14(16)8-12-9-17-6-5-13(12)15/h5-6,9-11,14H,2-4,7-8,16H2,1H3,(H2,15,17). The second-order valence-electron chi connectivity index (χ2n) is 5.29. The van der Waals surface area contributed by atoms with Crippen molar-refractivity contribution < 1.29 is 0 Å². The van der Waals surface area contributed by atoms with Gasteiger partial charge in [-0.05, 0) is 42.7 Å². The van der Waals surface area contributed by atoms with E-state index >= 15 is 0 Å². The van der Waals surface area contributed by atoms with Crippen molar-refractivity contribution in [3.8, 4) is 0 Å². The topological polar surface area (TPSA) is 64.9 Å². The molecule has 1 fully saturated rings. The highest BCUT2D eigenvalue weighted by molar-refractivity contribution is 5.44. The highest BCUT2D eigenvalue weighted by Gasteiger charge is 2.28. The van der Waals surface area contributed by atoms with Crippen LogP contribution in [0.25, 0.3) is 0 Å². The van der Waals surface area contributed by atoms with E-state index in [4.69, 9.17) is 11.5 Å². The Hall–Kier alpha value is -1.09. The molecule has 17 heavy (non-hydrogen) atoms. The van der Waals surface area contributed by atoms with Gasteiger partial charge < -0.3 is 11.5 Å². The van der Waals surface area contributed by atoms with Crippen LogP contribution in [0, 0.1) is 11.8 Å². The molecule has 0 saturated heterocycles. The van der Waals surface area contributed by atoms with Crippen LogP contribution in [0.15, 0.2) is 18.5 Å². The number of nitrogens with zero attached hydrogens (tertiary/aromatic N) is 1. The molecule has 0 amide bonds. The largest absolute Gasteiger partial charge is 0.398 e. The van der Waals surface area contributed by atoms with E-state index in [9.17, 15) is 0 Å². The molecule has 0 aliphatic heterocycles. The van der Waals surface area contributed by atoms with Crippen molar-refractivity contribution in [2.75, 3.05) is 5.73 Å². The first-order valence-corrected chi connectivity index (χ1v) is 6.64. The molecule has 0 radical (unpaired) electrons. The Morgan fingerprint density at radius 1 is 1.47 bits per heavy atom. The lowest BCUT2D eigenvalue weighted by Gasteiger charge is -2.20. The fourth-order valence-electron chi connectivity index (χ4n) is 2.90. The first-order valence-electron chi connectivity index (χ1n) is 6.64. The first kappa shape index (κ1) is 12.4. The minimum absolute atomic E-state index is 0.234. The van der Waals surface area contributed by atoms with Crippen LogP contribution in [0.4, 0.5) is 5.69 Å². The zero-order chi connectivity index (χ0) is 12.3. The summed E-state index contributed by atoms with van der Waals surface area (Å²) in [5.74, 6) is 1.55. The quantitative estimate of drug-likeness (QED) is 0.839. The molecule has 1 aliphatic carbocycles. The van der Waals surface area contributed by atoms with Crippen LogP contribution < -0.4 is 11.5 Å². The summed E-state index contributed by atoms with van der Waals surface area (Å²) < 4.78 is 0. The second-order valence-corrected chi connectivity index (χ2v) is 5.29. The molecular weight excluding hydrogens is 210 g/mol. The van der Waals surface area contributed by atoms with Gasteiger partial charge in [0.15, 0.2) is 0 Å². The van der Waals surface area contributed by atoms with Gasteiger partial charge in [0.25, 0.3) is 0 Å². The first-order chi connectivity index (χ1) is 8.20. The van der Waals surface area contributed by atoms with Crippen LogP contribution in [-0.4, -0.2) is 11.0 Å². The normalized spacial score (nSPS) is 26.0. The fourth-order valence-corrected chi connectivity index (χ4v) is 2.90. The molecule has 3 atom stereocenters. The van der Waals surface area contributed by atoms with E-state index in [1.165, 1.54) is 25.7 Å². The summed E-state index contributed by atoms with van der Waals surface area (Å²) in [6, 6.07) is 2.09. The van der Waals surface area contributed by atoms with E-state index in [2.05, 4.69) is 11.9 Å². The van der Waals surface area contributed by atoms with Gasteiger partial charge >= 0.3 is 0 Å². The molecule has 3 unspecified atom stereocenters. The summed E-state index contributed by atoms with van der Waals surface area (Å²) in [5, 5.41) is 0. The van der Waals surface area contributed by atoms with Crippen molar-refractivity contribution in [3.05, 3.63) is 24.0 Å². The number of anilines is 1. The zero-order valence-corrected chi connectivity index (χ0v) is 10.6. The van der Waals surface area contributed by atoms with Crippen LogP contribution in [0.2, 0.25) is 0 Å². The van der Waals surface area contributed by atoms with Gasteiger partial charge in [0, 0.05) is 24.1 Å². The van der Waals surface area contributed by atoms with E-state index in [1.807, 2.05) is 12.3 Å². The van der Waals surface area contributed by atoms with Crippen molar-refractivity contribution >= 4 is 5.69 Å². The van der Waals surface area contributed by atoms with Gasteiger partial charge in [0.2, 0.25) is 0 Å². The van der Waals surface area contributed by atoms with Crippen LogP contribution in [-0.2, 0) is 6.42 Å². The van der Waals surface area contributed by atoms with Gasteiger partial charge in [0.05, 0.1) is 0 Å². The number of nitrogens with two attached hydrogens (primary N) is 2. The molecule has 1 aliphatic rings. The van der Waals surface area contributed by atoms with E-state index in [0.717, 1.165) is 23.6 Å². The molecular formula is C14H23N3. The zero-order valence-electron chi connectivity index (χ0n) is 10.6. The SMILES string of the molecule is CCC1CCC(C(N)Cc2cnccc2N)C1. The Morgan fingerprint density at radius 3 is 2.94 bits per heavy atom. The summed E-state index contributed by atoms with van der Waals surface area (Å²) in [5.41, 5.74) is 14.2. The van der Waals surface area contributed by atoms with Crippen molar-refractivity contribution in [1.29, 1.82) is 0 Å². The summed E-state index contributed by atoms with van der Waals surface area (Å²) >= 11 is 0. The maximum Gasteiger partial charge on any atom is 0.0378 e. The van der Waals surface area contributed by atoms with E-state index in [0.29, 0.717) is 5.92 Å². The molecule has 1 aromatic rings. The van der Waals surface area contributed by atoms with E-state index in [1.54, 1.807) is 6.20 Å². The third-order valence-corrected chi connectivity index (χ3v) is 4.16. The van der Waals surface area contributed by atoms with Gasteiger partial charge in [0.1, 0.15) is 0 Å². The molecule has 4 N–H and O–H groups in total. The number of hydrogen-bond donors (Lipinski definition) is 2. The Kier molecular flexibility index (Phi) is 4.00. The number of rotatable bonds is 4. The summed E-state index contributed by atoms with van der Waals surface area (Å²) in [6.07, 6.45) is 9.64. The van der Waals surface area contributed by atoms with Crippen molar-refractivity contribution in [3.63, 3.8) is 0 Å². The Morgan fingerprint density at radius 2 is 2.29 bits per heavy atom. The smallest absolute Gasteiger partial charge is 0.0378 e. The molecule has 0 bridgehead atoms. The monoisotopic (exact) mass is 233 g/mol. The van der Waals surface area contributed by atoms with E-state index in [-0.39, 0.29) is 6.04 Å². The van der Waals surface area contributed by atoms with Crippen molar-refractivity contribution in [2.45, 2.75) is 45.1 Å². The van der Waals surface area contributed by atoms with Gasteiger partial charge in [-0.25, -0.2) is 0 Å². The molecule has 1 heterocycles. The van der Waals surface area contributed by atoms with Crippen LogP contribution in [0.5, 0.6) is 0 Å². The average Bonchev–Trinajstić information content (AvgIpc) is 2.81. The summed E-state index contributed by atoms with van der Waals surface area (Å²) in [6.45, 7) is 2.28. The Bertz CT molecular complexity index is 364. The summed E-state index contributed by atoms with van der Waals surface area (Å²) in [4.78, 5) is 4.12. The maximum absolute atomic E-state index is 6.31. The molecule has 1 aromatic heterocycles. The third kappa shape index (κ3) is 2.97. The van der Waals surface area contributed by atoms with Crippen LogP contribution >= 0.6 is 0 Å². The van der Waals surface area contributed by atoms with Gasteiger partial charge in [-0.15, -0.1) is 0 Å². The Balaban J connectivity index is 1.94. The second kappa shape index (κ2) is 5.50. The molecule has 2 rings (SSSR count). The molecule has 0 spiro atoms. The summed E-state index contributed by atoms with van der Waals surface area (Å²) in [7, 11) is 0. The molecule has 3 heteroatoms. The molecule has 3 nitrogen and oxygen atoms in total. The number of aromatic nitrogens is 1. The van der Waals surface area contributed by atoms with Gasteiger partial charge in [-0.3, -0.25) is 4.98 Å². The van der Waals surface area contributed by atoms with Crippen LogP contribution in [0.1, 0.15) is 38.2 Å². The van der Waals surface area contributed by atoms with Gasteiger partial charge in [-0.1, -0.05) is 19.8 Å². The van der Waals surface area contributed by atoms with Crippen molar-refractivity contribution in [2.24, 2.45) is 17.6 Å². The lowest BCUT2D eigenvalue weighted by atomic mass is 9.92. The molecule has 1 saturated carbocycles. The number of pyridine rings is 1. The third-order valence-electron chi connectivity index (χ3n) is 4.16. The fraction of sp³-hybridized carbons (Fsp3) is 0.643. The Labute approximate surface area is 104 Å². The highest BCUT2D eigenvalue weighted by atomic mass is 14.7. The maximum atomic E-state index is 6.31. The predicted octanol–water partition coefficient (Wildman–Crippen LogP) is 2.36. The molecule has 0 aromatic carbocycles. The predicted molar refractivity (Wildman–Crippen MR) is 71.5 cm³/mol. The number of hydrogen-bond acceptors (Lipinski definition) is 3. The lowest BCUT2D eigenvalue weighted by Crippen LogP contribution is -2.31. The number of nitrogen functional groups attached to an aromatic ring is 1. The highest BCUT2D eigenvalue weighted by Crippen LogP contribution is 2.35. The van der Waals surface area contributed by atoms with Crippen molar-refractivity contribution in [1.82, 2.24) is 4.98 Å². The van der Waals surface area contributed by atoms with E-state index < -0.39 is 0 Å². The minimum Gasteiger partial charge on any atom is -0.398 e. The minimum atomic E-state index is 0.234. The lowest BCUT2D eigenvalue weighted by molar-refractivity contribution is 0.405. The van der Waals surface area contributed by atoms with Gasteiger partial charge in [-0.2, -0.15) is 0 Å². The van der Waals surface area contributed by atoms with Crippen LogP contribution in [0.3, 0.4) is 0 Å². The average molecular weight is 233 g/mol. The molecule has 94 valence electrons.